The Morgan fingerprint density at radius 2 is 1.74 bits per heavy atom. The number of nitrogens with one attached hydrogen (secondary N) is 2. The Kier molecular flexibility index (Phi) is 8.99. The van der Waals surface area contributed by atoms with E-state index in [4.69, 9.17) is 13.9 Å². The van der Waals surface area contributed by atoms with Crippen LogP contribution in [0.3, 0.4) is 0 Å². The second-order valence-corrected chi connectivity index (χ2v) is 10.2. The van der Waals surface area contributed by atoms with E-state index < -0.39 is 29.2 Å². The molecule has 0 bridgehead atoms. The summed E-state index contributed by atoms with van der Waals surface area (Å²) in [6.45, 7) is 4.98. The highest BCUT2D eigenvalue weighted by Gasteiger charge is 2.22. The van der Waals surface area contributed by atoms with Crippen LogP contribution in [0.4, 0.5) is 19.3 Å². The number of pyridine rings is 2. The molecule has 4 aromatic rings. The van der Waals surface area contributed by atoms with Crippen LogP contribution in [0.2, 0.25) is 0 Å². The number of amides is 2. The Balaban J connectivity index is 1.34. The van der Waals surface area contributed by atoms with E-state index in [2.05, 4.69) is 20.6 Å². The molecule has 11 nitrogen and oxygen atoms in total. The molecule has 0 aliphatic rings. The zero-order valence-electron chi connectivity index (χ0n) is 23.4. The molecule has 2 N–H and O–H groups in total. The summed E-state index contributed by atoms with van der Waals surface area (Å²) in [7, 11) is 1.23. The minimum absolute atomic E-state index is 0.0323. The van der Waals surface area contributed by atoms with Gasteiger partial charge in [0.1, 0.15) is 17.1 Å². The molecule has 3 aromatic heterocycles. The van der Waals surface area contributed by atoms with Gasteiger partial charge in [-0.25, -0.2) is 18.6 Å². The summed E-state index contributed by atoms with van der Waals surface area (Å²) in [5.74, 6) is -2.07. The smallest absolute Gasteiger partial charge is 0.412 e. The maximum absolute atomic E-state index is 15.0. The zero-order chi connectivity index (χ0) is 30.4. The summed E-state index contributed by atoms with van der Waals surface area (Å²) in [5.41, 5.74) is 0.400. The molecule has 0 radical (unpaired) electrons. The molecule has 1 aromatic carbocycles. The van der Waals surface area contributed by atoms with Crippen LogP contribution in [-0.4, -0.2) is 39.2 Å². The van der Waals surface area contributed by atoms with Crippen LogP contribution in [0.1, 0.15) is 54.0 Å². The van der Waals surface area contributed by atoms with Gasteiger partial charge in [-0.05, 0) is 38.0 Å². The normalized spacial score (nSPS) is 11.2. The van der Waals surface area contributed by atoms with Crippen molar-refractivity contribution in [3.63, 3.8) is 0 Å². The number of hydrogen-bond acceptors (Lipinski definition) is 8. The molecule has 0 aliphatic carbocycles. The van der Waals surface area contributed by atoms with Crippen LogP contribution in [0.5, 0.6) is 5.75 Å². The van der Waals surface area contributed by atoms with Crippen LogP contribution in [-0.2, 0) is 24.2 Å². The fourth-order valence-corrected chi connectivity index (χ4v) is 3.84. The molecule has 4 rings (SSSR count). The SMILES string of the molecule is COc1c(NC(=O)OC(C)(C)C)cnc(CNC(=O)c2cnc(Cc3ccc(Cn4cc(F)ccc4=O)cc3)o2)c1F. The first-order valence-corrected chi connectivity index (χ1v) is 12.8. The van der Waals surface area contributed by atoms with Crippen LogP contribution in [0.15, 0.2) is 64.2 Å². The Bertz CT molecular complexity index is 1640. The molecule has 0 saturated heterocycles. The van der Waals surface area contributed by atoms with Crippen LogP contribution in [0, 0.1) is 11.6 Å². The second-order valence-electron chi connectivity index (χ2n) is 10.2. The summed E-state index contributed by atoms with van der Waals surface area (Å²) in [4.78, 5) is 44.7. The number of nitrogens with zero attached hydrogens (tertiary/aromatic N) is 3. The van der Waals surface area contributed by atoms with Crippen LogP contribution in [0.25, 0.3) is 0 Å². The van der Waals surface area contributed by atoms with Gasteiger partial charge in [0.2, 0.25) is 5.76 Å². The van der Waals surface area contributed by atoms with Crippen LogP contribution >= 0.6 is 0 Å². The molecule has 13 heteroatoms. The lowest BCUT2D eigenvalue weighted by atomic mass is 10.1. The Hall–Kier alpha value is -5.07. The van der Waals surface area contributed by atoms with E-state index >= 15 is 4.39 Å². The van der Waals surface area contributed by atoms with Crippen molar-refractivity contribution in [2.75, 3.05) is 12.4 Å². The quantitative estimate of drug-likeness (QED) is 0.296. The topological polar surface area (TPSA) is 138 Å². The second kappa shape index (κ2) is 12.6. The van der Waals surface area contributed by atoms with Crippen molar-refractivity contribution in [1.29, 1.82) is 0 Å². The first-order valence-electron chi connectivity index (χ1n) is 12.8. The molecular formula is C29H29F2N5O6. The van der Waals surface area contributed by atoms with E-state index in [0.717, 1.165) is 23.4 Å². The summed E-state index contributed by atoms with van der Waals surface area (Å²) < 4.78 is 45.5. The zero-order valence-corrected chi connectivity index (χ0v) is 23.4. The predicted molar refractivity (Wildman–Crippen MR) is 147 cm³/mol. The van der Waals surface area contributed by atoms with Gasteiger partial charge in [0.25, 0.3) is 11.5 Å². The van der Waals surface area contributed by atoms with Gasteiger partial charge in [0.15, 0.2) is 17.5 Å². The molecule has 3 heterocycles. The molecular weight excluding hydrogens is 552 g/mol. The van der Waals surface area contributed by atoms with E-state index in [1.807, 2.05) is 12.1 Å². The Morgan fingerprint density at radius 1 is 1.02 bits per heavy atom. The number of halogens is 2. The monoisotopic (exact) mass is 581 g/mol. The fourth-order valence-electron chi connectivity index (χ4n) is 3.84. The van der Waals surface area contributed by atoms with Crippen molar-refractivity contribution in [3.8, 4) is 5.75 Å². The van der Waals surface area contributed by atoms with Gasteiger partial charge >= 0.3 is 6.09 Å². The maximum Gasteiger partial charge on any atom is 0.412 e. The van der Waals surface area contributed by atoms with Gasteiger partial charge in [-0.1, -0.05) is 24.3 Å². The van der Waals surface area contributed by atoms with Gasteiger partial charge in [-0.15, -0.1) is 0 Å². The highest BCUT2D eigenvalue weighted by Crippen LogP contribution is 2.29. The molecule has 0 unspecified atom stereocenters. The standard InChI is InChI=1S/C29H29F2N5O6/c1-29(2,3)42-28(39)35-21-13-32-20(25(31)26(21)40-4)12-34-27(38)22-14-33-23(41-22)11-17-5-7-18(8-6-17)15-36-16-19(30)9-10-24(36)37/h5-10,13-14,16H,11-12,15H2,1-4H3,(H,34,38)(H,35,39). The maximum atomic E-state index is 15.0. The minimum atomic E-state index is -0.865. The Morgan fingerprint density at radius 3 is 2.43 bits per heavy atom. The summed E-state index contributed by atoms with van der Waals surface area (Å²) in [6.07, 6.45) is 3.08. The van der Waals surface area contributed by atoms with E-state index in [0.29, 0.717) is 0 Å². The third kappa shape index (κ3) is 7.77. The number of aromatic nitrogens is 3. The number of hydrogen-bond donors (Lipinski definition) is 2. The van der Waals surface area contributed by atoms with E-state index in [1.165, 1.54) is 30.1 Å². The number of carbonyl (C=O) groups is 2. The van der Waals surface area contributed by atoms with Gasteiger partial charge in [0.05, 0.1) is 38.3 Å². The van der Waals surface area contributed by atoms with Gasteiger partial charge < -0.3 is 23.8 Å². The van der Waals surface area contributed by atoms with E-state index in [9.17, 15) is 18.8 Å². The number of rotatable bonds is 9. The Labute approximate surface area is 239 Å². The van der Waals surface area contributed by atoms with Crippen molar-refractivity contribution in [1.82, 2.24) is 19.9 Å². The molecule has 0 spiro atoms. The van der Waals surface area contributed by atoms with Gasteiger partial charge in [-0.3, -0.25) is 19.9 Å². The number of oxazole rings is 1. The average molecular weight is 582 g/mol. The van der Waals surface area contributed by atoms with Gasteiger partial charge in [-0.2, -0.15) is 0 Å². The molecule has 42 heavy (non-hydrogen) atoms. The third-order valence-corrected chi connectivity index (χ3v) is 5.76. The van der Waals surface area contributed by atoms with Crippen molar-refractivity contribution in [3.05, 3.63) is 105 Å². The largest absolute Gasteiger partial charge is 0.491 e. The number of anilines is 1. The number of carbonyl (C=O) groups excluding carboxylic acids is 2. The number of benzene rings is 1. The number of ether oxygens (including phenoxy) is 2. The van der Waals surface area contributed by atoms with Crippen molar-refractivity contribution < 1.29 is 32.3 Å². The summed E-state index contributed by atoms with van der Waals surface area (Å²) >= 11 is 0. The van der Waals surface area contributed by atoms with Crippen molar-refractivity contribution >= 4 is 17.7 Å². The van der Waals surface area contributed by atoms with E-state index in [1.54, 1.807) is 32.9 Å². The van der Waals surface area contributed by atoms with Crippen molar-refractivity contribution in [2.24, 2.45) is 0 Å². The third-order valence-electron chi connectivity index (χ3n) is 5.76. The molecule has 0 fully saturated rings. The lowest BCUT2D eigenvalue weighted by molar-refractivity contribution is 0.0635. The predicted octanol–water partition coefficient (Wildman–Crippen LogP) is 4.43. The molecule has 2 amide bonds. The first kappa shape index (κ1) is 29.9. The van der Waals surface area contributed by atoms with E-state index in [-0.39, 0.29) is 53.9 Å². The number of methoxy groups -OCH3 is 1. The van der Waals surface area contributed by atoms with Crippen LogP contribution < -0.4 is 20.9 Å². The van der Waals surface area contributed by atoms with Gasteiger partial charge in [0, 0.05) is 18.7 Å². The summed E-state index contributed by atoms with van der Waals surface area (Å²) in [6, 6.07) is 9.51. The summed E-state index contributed by atoms with van der Waals surface area (Å²) in [5, 5.41) is 4.91. The fraction of sp³-hybridized carbons (Fsp3) is 0.276. The lowest BCUT2D eigenvalue weighted by Crippen LogP contribution is -2.27. The molecule has 220 valence electrons. The highest BCUT2D eigenvalue weighted by atomic mass is 19.1. The average Bonchev–Trinajstić information content (AvgIpc) is 3.39. The molecule has 0 aliphatic heterocycles. The van der Waals surface area contributed by atoms with Crippen molar-refractivity contribution in [2.45, 2.75) is 45.9 Å². The first-order chi connectivity index (χ1) is 19.9. The molecule has 0 atom stereocenters. The minimum Gasteiger partial charge on any atom is -0.491 e. The highest BCUT2D eigenvalue weighted by molar-refractivity contribution is 5.91. The lowest BCUT2D eigenvalue weighted by Gasteiger charge is -2.20. The molecule has 0 saturated carbocycles.